The third-order valence-electron chi connectivity index (χ3n) is 3.67. The summed E-state index contributed by atoms with van der Waals surface area (Å²) in [5.74, 6) is 1.37. The minimum atomic E-state index is 0.670. The van der Waals surface area contributed by atoms with Gasteiger partial charge < -0.3 is 5.32 Å². The van der Waals surface area contributed by atoms with E-state index in [0.29, 0.717) is 11.9 Å². The van der Waals surface area contributed by atoms with E-state index in [1.807, 2.05) is 10.7 Å². The fourth-order valence-electron chi connectivity index (χ4n) is 2.62. The van der Waals surface area contributed by atoms with Gasteiger partial charge in [-0.2, -0.15) is 5.10 Å². The molecule has 0 aromatic carbocycles. The summed E-state index contributed by atoms with van der Waals surface area (Å²) in [6.07, 6.45) is 7.11. The molecule has 2 aliphatic rings. The second-order valence-electron chi connectivity index (χ2n) is 4.97. The van der Waals surface area contributed by atoms with Crippen molar-refractivity contribution in [2.24, 2.45) is 0 Å². The first-order valence-corrected chi connectivity index (χ1v) is 6.52. The van der Waals surface area contributed by atoms with E-state index in [2.05, 4.69) is 15.3 Å². The number of aromatic nitrogens is 4. The molecule has 4 rings (SSSR count). The zero-order valence-electron chi connectivity index (χ0n) is 10.1. The standard InChI is InChI=1S/C13H15N5/c1-5-15-13(16-6-1)18-11-4-7-14-8-10(11)12(17-18)9-2-3-9/h1,5-6,9,14H,2-4,7-8H2. The summed E-state index contributed by atoms with van der Waals surface area (Å²) in [6, 6.07) is 1.84. The highest BCUT2D eigenvalue weighted by atomic mass is 15.4. The molecular weight excluding hydrogens is 226 g/mol. The Bertz CT molecular complexity index is 571. The van der Waals surface area contributed by atoms with Crippen molar-refractivity contribution in [1.29, 1.82) is 0 Å². The highest BCUT2D eigenvalue weighted by Crippen LogP contribution is 2.42. The third-order valence-corrected chi connectivity index (χ3v) is 3.67. The van der Waals surface area contributed by atoms with Crippen molar-refractivity contribution >= 4 is 0 Å². The minimum Gasteiger partial charge on any atom is -0.312 e. The van der Waals surface area contributed by atoms with Crippen molar-refractivity contribution in [1.82, 2.24) is 25.1 Å². The molecule has 0 atom stereocenters. The maximum absolute atomic E-state index is 4.78. The van der Waals surface area contributed by atoms with Gasteiger partial charge in [0.25, 0.3) is 5.95 Å². The zero-order valence-corrected chi connectivity index (χ0v) is 10.1. The molecule has 5 heteroatoms. The Kier molecular flexibility index (Phi) is 2.20. The number of rotatable bonds is 2. The molecule has 0 bridgehead atoms. The Balaban J connectivity index is 1.87. The highest BCUT2D eigenvalue weighted by Gasteiger charge is 2.32. The van der Waals surface area contributed by atoms with Gasteiger partial charge in [0.05, 0.1) is 11.4 Å². The van der Waals surface area contributed by atoms with E-state index in [-0.39, 0.29) is 0 Å². The highest BCUT2D eigenvalue weighted by molar-refractivity contribution is 5.36. The van der Waals surface area contributed by atoms with Crippen molar-refractivity contribution < 1.29 is 0 Å². The lowest BCUT2D eigenvalue weighted by Gasteiger charge is -2.14. The van der Waals surface area contributed by atoms with Crippen LogP contribution in [0.2, 0.25) is 0 Å². The molecule has 5 nitrogen and oxygen atoms in total. The average molecular weight is 241 g/mol. The van der Waals surface area contributed by atoms with Crippen LogP contribution < -0.4 is 5.32 Å². The summed E-state index contributed by atoms with van der Waals surface area (Å²) < 4.78 is 1.95. The first-order chi connectivity index (χ1) is 8.93. The van der Waals surface area contributed by atoms with E-state index in [4.69, 9.17) is 5.10 Å². The molecule has 2 aromatic rings. The number of nitrogens with zero attached hydrogens (tertiary/aromatic N) is 4. The Morgan fingerprint density at radius 3 is 2.83 bits per heavy atom. The predicted octanol–water partition coefficient (Wildman–Crippen LogP) is 1.19. The van der Waals surface area contributed by atoms with Gasteiger partial charge >= 0.3 is 0 Å². The molecule has 0 amide bonds. The van der Waals surface area contributed by atoms with Crippen molar-refractivity contribution in [3.63, 3.8) is 0 Å². The van der Waals surface area contributed by atoms with Gasteiger partial charge in [0.15, 0.2) is 0 Å². The zero-order chi connectivity index (χ0) is 11.9. The molecule has 3 heterocycles. The summed E-state index contributed by atoms with van der Waals surface area (Å²) in [7, 11) is 0. The summed E-state index contributed by atoms with van der Waals surface area (Å²) in [5, 5.41) is 8.21. The van der Waals surface area contributed by atoms with Crippen molar-refractivity contribution in [3.8, 4) is 5.95 Å². The van der Waals surface area contributed by atoms with E-state index >= 15 is 0 Å². The molecule has 0 radical (unpaired) electrons. The molecule has 18 heavy (non-hydrogen) atoms. The lowest BCUT2D eigenvalue weighted by molar-refractivity contribution is 0.616. The van der Waals surface area contributed by atoms with Crippen molar-refractivity contribution in [3.05, 3.63) is 35.4 Å². The predicted molar refractivity (Wildman–Crippen MR) is 66.5 cm³/mol. The smallest absolute Gasteiger partial charge is 0.250 e. The van der Waals surface area contributed by atoms with E-state index in [1.54, 1.807) is 12.4 Å². The van der Waals surface area contributed by atoms with Crippen LogP contribution in [-0.2, 0) is 13.0 Å². The van der Waals surface area contributed by atoms with Gasteiger partial charge in [0, 0.05) is 43.4 Å². The van der Waals surface area contributed by atoms with E-state index in [9.17, 15) is 0 Å². The Morgan fingerprint density at radius 2 is 2.06 bits per heavy atom. The van der Waals surface area contributed by atoms with Gasteiger partial charge in [-0.25, -0.2) is 14.6 Å². The lowest BCUT2D eigenvalue weighted by atomic mass is 10.0. The SMILES string of the molecule is c1cnc(-n2nc(C3CC3)c3c2CCNC3)nc1. The Hall–Kier alpha value is -1.75. The fraction of sp³-hybridized carbons (Fsp3) is 0.462. The van der Waals surface area contributed by atoms with Crippen molar-refractivity contribution in [2.45, 2.75) is 31.7 Å². The topological polar surface area (TPSA) is 55.6 Å². The number of hydrogen-bond donors (Lipinski definition) is 1. The maximum Gasteiger partial charge on any atom is 0.250 e. The van der Waals surface area contributed by atoms with Crippen LogP contribution in [0.1, 0.15) is 35.7 Å². The van der Waals surface area contributed by atoms with E-state index in [0.717, 1.165) is 19.5 Å². The monoisotopic (exact) mass is 241 g/mol. The summed E-state index contributed by atoms with van der Waals surface area (Å²) in [6.45, 7) is 1.95. The Morgan fingerprint density at radius 1 is 1.22 bits per heavy atom. The quantitative estimate of drug-likeness (QED) is 0.858. The first-order valence-electron chi connectivity index (χ1n) is 6.52. The second kappa shape index (κ2) is 3.88. The molecule has 1 N–H and O–H groups in total. The van der Waals surface area contributed by atoms with Crippen LogP contribution in [0.25, 0.3) is 5.95 Å². The molecule has 92 valence electrons. The molecule has 1 fully saturated rings. The summed E-state index contributed by atoms with van der Waals surface area (Å²) >= 11 is 0. The first kappa shape index (κ1) is 10.2. The van der Waals surface area contributed by atoms with Crippen LogP contribution in [0.4, 0.5) is 0 Å². The molecule has 0 unspecified atom stereocenters. The van der Waals surface area contributed by atoms with E-state index in [1.165, 1.54) is 29.8 Å². The van der Waals surface area contributed by atoms with Crippen LogP contribution in [0.3, 0.4) is 0 Å². The Labute approximate surface area is 105 Å². The van der Waals surface area contributed by atoms with Crippen LogP contribution >= 0.6 is 0 Å². The number of nitrogens with one attached hydrogen (secondary N) is 1. The van der Waals surface area contributed by atoms with Gasteiger partial charge in [-0.3, -0.25) is 0 Å². The molecule has 2 aromatic heterocycles. The van der Waals surface area contributed by atoms with Crippen LogP contribution in [0.5, 0.6) is 0 Å². The van der Waals surface area contributed by atoms with Gasteiger partial charge in [0.1, 0.15) is 0 Å². The number of fused-ring (bicyclic) bond motifs is 1. The van der Waals surface area contributed by atoms with Gasteiger partial charge in [-0.05, 0) is 18.9 Å². The normalized spacial score (nSPS) is 18.7. The van der Waals surface area contributed by atoms with Crippen LogP contribution in [0.15, 0.2) is 18.5 Å². The molecule has 1 saturated carbocycles. The molecule has 0 saturated heterocycles. The second-order valence-corrected chi connectivity index (χ2v) is 4.97. The molecule has 0 spiro atoms. The molecule has 1 aliphatic carbocycles. The molecule has 1 aliphatic heterocycles. The lowest BCUT2D eigenvalue weighted by Crippen LogP contribution is -2.25. The summed E-state index contributed by atoms with van der Waals surface area (Å²) in [4.78, 5) is 8.64. The van der Waals surface area contributed by atoms with Gasteiger partial charge in [0.2, 0.25) is 0 Å². The fourth-order valence-corrected chi connectivity index (χ4v) is 2.62. The van der Waals surface area contributed by atoms with Gasteiger partial charge in [-0.15, -0.1) is 0 Å². The summed E-state index contributed by atoms with van der Waals surface area (Å²) in [5.41, 5.74) is 3.95. The van der Waals surface area contributed by atoms with Gasteiger partial charge in [-0.1, -0.05) is 0 Å². The maximum atomic E-state index is 4.78. The average Bonchev–Trinajstić information content (AvgIpc) is 3.21. The number of hydrogen-bond acceptors (Lipinski definition) is 4. The van der Waals surface area contributed by atoms with Crippen molar-refractivity contribution in [2.75, 3.05) is 6.54 Å². The van der Waals surface area contributed by atoms with Crippen LogP contribution in [-0.4, -0.2) is 26.3 Å². The molecular formula is C13H15N5. The third kappa shape index (κ3) is 1.54. The van der Waals surface area contributed by atoms with Crippen LogP contribution in [0, 0.1) is 0 Å². The minimum absolute atomic E-state index is 0.670. The largest absolute Gasteiger partial charge is 0.312 e. The van der Waals surface area contributed by atoms with E-state index < -0.39 is 0 Å².